The third-order valence-corrected chi connectivity index (χ3v) is 3.93. The molecule has 2 heterocycles. The molecule has 3 aromatic rings. The van der Waals surface area contributed by atoms with Crippen molar-refractivity contribution in [2.75, 3.05) is 11.9 Å². The van der Waals surface area contributed by atoms with Crippen LogP contribution in [0.4, 0.5) is 5.69 Å². The van der Waals surface area contributed by atoms with Crippen molar-refractivity contribution in [1.82, 2.24) is 14.5 Å². The van der Waals surface area contributed by atoms with E-state index in [0.29, 0.717) is 0 Å². The number of aryl methyl sites for hydroxylation is 2. The van der Waals surface area contributed by atoms with Crippen molar-refractivity contribution in [3.63, 3.8) is 0 Å². The van der Waals surface area contributed by atoms with Gasteiger partial charge in [0.1, 0.15) is 0 Å². The molecule has 0 unspecified atom stereocenters. The first-order chi connectivity index (χ1) is 9.31. The van der Waals surface area contributed by atoms with Crippen LogP contribution in [0.3, 0.4) is 0 Å². The minimum Gasteiger partial charge on any atom is -0.385 e. The highest BCUT2D eigenvalue weighted by molar-refractivity contribution is 7.18. The Hall–Kier alpha value is -1.88. The van der Waals surface area contributed by atoms with Crippen molar-refractivity contribution in [2.45, 2.75) is 19.9 Å². The lowest BCUT2D eigenvalue weighted by Gasteiger charge is -2.06. The van der Waals surface area contributed by atoms with E-state index in [2.05, 4.69) is 38.1 Å². The zero-order valence-corrected chi connectivity index (χ0v) is 11.7. The summed E-state index contributed by atoms with van der Waals surface area (Å²) >= 11 is 1.74. The summed E-state index contributed by atoms with van der Waals surface area (Å²) in [5.41, 5.74) is 2.23. The Kier molecular flexibility index (Phi) is 3.46. The van der Waals surface area contributed by atoms with Crippen molar-refractivity contribution in [3.8, 4) is 0 Å². The standard InChI is InChI=1S/C14H16N4S/c1-11-17-13-9-12(3-4-14(13)19-11)16-5-2-7-18-8-6-15-10-18/h3-4,6,8-10,16H,2,5,7H2,1H3. The van der Waals surface area contributed by atoms with Crippen molar-refractivity contribution in [1.29, 1.82) is 0 Å². The van der Waals surface area contributed by atoms with Crippen molar-refractivity contribution < 1.29 is 0 Å². The summed E-state index contributed by atoms with van der Waals surface area (Å²) in [6, 6.07) is 6.38. The van der Waals surface area contributed by atoms with E-state index in [9.17, 15) is 0 Å². The molecular formula is C14H16N4S. The van der Waals surface area contributed by atoms with E-state index in [4.69, 9.17) is 0 Å². The monoisotopic (exact) mass is 272 g/mol. The highest BCUT2D eigenvalue weighted by Gasteiger charge is 2.01. The average molecular weight is 272 g/mol. The molecule has 98 valence electrons. The summed E-state index contributed by atoms with van der Waals surface area (Å²) in [4.78, 5) is 8.54. The predicted molar refractivity (Wildman–Crippen MR) is 79.7 cm³/mol. The number of imidazole rings is 1. The van der Waals surface area contributed by atoms with Gasteiger partial charge in [-0.2, -0.15) is 0 Å². The molecule has 0 bridgehead atoms. The summed E-state index contributed by atoms with van der Waals surface area (Å²) in [6.07, 6.45) is 6.73. The number of hydrogen-bond acceptors (Lipinski definition) is 4. The molecule has 0 aliphatic heterocycles. The quantitative estimate of drug-likeness (QED) is 0.725. The van der Waals surface area contributed by atoms with E-state index in [1.54, 1.807) is 11.3 Å². The first kappa shape index (κ1) is 12.2. The van der Waals surface area contributed by atoms with Gasteiger partial charge in [0.2, 0.25) is 0 Å². The number of fused-ring (bicyclic) bond motifs is 1. The molecule has 4 nitrogen and oxygen atoms in total. The van der Waals surface area contributed by atoms with Gasteiger partial charge in [-0.1, -0.05) is 0 Å². The maximum Gasteiger partial charge on any atom is 0.0945 e. The zero-order valence-electron chi connectivity index (χ0n) is 10.8. The molecule has 0 aliphatic carbocycles. The van der Waals surface area contributed by atoms with Gasteiger partial charge >= 0.3 is 0 Å². The predicted octanol–water partition coefficient (Wildman–Crippen LogP) is 3.30. The highest BCUT2D eigenvalue weighted by atomic mass is 32.1. The molecule has 3 rings (SSSR count). The van der Waals surface area contributed by atoms with E-state index >= 15 is 0 Å². The van der Waals surface area contributed by atoms with Crippen LogP contribution in [0.1, 0.15) is 11.4 Å². The van der Waals surface area contributed by atoms with Crippen LogP contribution in [0.15, 0.2) is 36.9 Å². The van der Waals surface area contributed by atoms with Gasteiger partial charge in [-0.3, -0.25) is 0 Å². The van der Waals surface area contributed by atoms with Crippen LogP contribution >= 0.6 is 11.3 Å². The molecular weight excluding hydrogens is 256 g/mol. The summed E-state index contributed by atoms with van der Waals surface area (Å²) in [5.74, 6) is 0. The van der Waals surface area contributed by atoms with Gasteiger partial charge < -0.3 is 9.88 Å². The van der Waals surface area contributed by atoms with Crippen LogP contribution in [0.2, 0.25) is 0 Å². The molecule has 0 saturated carbocycles. The average Bonchev–Trinajstić information content (AvgIpc) is 3.02. The maximum atomic E-state index is 4.51. The molecule has 1 aromatic carbocycles. The van der Waals surface area contributed by atoms with E-state index in [0.717, 1.165) is 35.7 Å². The highest BCUT2D eigenvalue weighted by Crippen LogP contribution is 2.24. The molecule has 5 heteroatoms. The smallest absolute Gasteiger partial charge is 0.0945 e. The van der Waals surface area contributed by atoms with Crippen LogP contribution in [0, 0.1) is 6.92 Å². The molecule has 19 heavy (non-hydrogen) atoms. The van der Waals surface area contributed by atoms with Gasteiger partial charge in [-0.15, -0.1) is 11.3 Å². The first-order valence-electron chi connectivity index (χ1n) is 6.38. The largest absolute Gasteiger partial charge is 0.385 e. The number of hydrogen-bond donors (Lipinski definition) is 1. The molecule has 0 atom stereocenters. The topological polar surface area (TPSA) is 42.7 Å². The Morgan fingerprint density at radius 2 is 2.32 bits per heavy atom. The van der Waals surface area contributed by atoms with Gasteiger partial charge in [-0.25, -0.2) is 9.97 Å². The van der Waals surface area contributed by atoms with Gasteiger partial charge in [0.25, 0.3) is 0 Å². The van der Waals surface area contributed by atoms with Gasteiger partial charge in [0.05, 0.1) is 21.6 Å². The number of anilines is 1. The Labute approximate surface area is 116 Å². The van der Waals surface area contributed by atoms with Gasteiger partial charge in [0, 0.05) is 31.2 Å². The van der Waals surface area contributed by atoms with Crippen LogP contribution in [-0.4, -0.2) is 21.1 Å². The number of nitrogens with one attached hydrogen (secondary N) is 1. The van der Waals surface area contributed by atoms with Crippen LogP contribution in [0.25, 0.3) is 10.2 Å². The molecule has 0 aliphatic rings. The van der Waals surface area contributed by atoms with E-state index in [1.807, 2.05) is 25.6 Å². The third-order valence-electron chi connectivity index (χ3n) is 2.98. The number of aromatic nitrogens is 3. The molecule has 0 radical (unpaired) electrons. The van der Waals surface area contributed by atoms with Crippen LogP contribution in [-0.2, 0) is 6.54 Å². The molecule has 0 spiro atoms. The van der Waals surface area contributed by atoms with Crippen molar-refractivity contribution >= 4 is 27.2 Å². The fourth-order valence-corrected chi connectivity index (χ4v) is 2.87. The maximum absolute atomic E-state index is 4.51. The van der Waals surface area contributed by atoms with Crippen LogP contribution in [0.5, 0.6) is 0 Å². The fourth-order valence-electron chi connectivity index (χ4n) is 2.07. The lowest BCUT2D eigenvalue weighted by atomic mass is 10.3. The normalized spacial score (nSPS) is 11.0. The van der Waals surface area contributed by atoms with Crippen LogP contribution < -0.4 is 5.32 Å². The molecule has 1 N–H and O–H groups in total. The lowest BCUT2D eigenvalue weighted by molar-refractivity contribution is 0.661. The summed E-state index contributed by atoms with van der Waals surface area (Å²) in [5, 5.41) is 4.56. The van der Waals surface area contributed by atoms with Gasteiger partial charge in [-0.05, 0) is 31.5 Å². The second kappa shape index (κ2) is 5.40. The number of benzene rings is 1. The minimum absolute atomic E-state index is 0.951. The third kappa shape index (κ3) is 2.93. The first-order valence-corrected chi connectivity index (χ1v) is 7.20. The summed E-state index contributed by atoms with van der Waals surface area (Å²) in [6.45, 7) is 3.99. The fraction of sp³-hybridized carbons (Fsp3) is 0.286. The van der Waals surface area contributed by atoms with Gasteiger partial charge in [0.15, 0.2) is 0 Å². The SMILES string of the molecule is Cc1nc2cc(NCCCn3ccnc3)ccc2s1. The second-order valence-electron chi connectivity index (χ2n) is 4.50. The molecule has 0 amide bonds. The lowest BCUT2D eigenvalue weighted by Crippen LogP contribution is -2.05. The Balaban J connectivity index is 1.56. The number of thiazole rings is 1. The Bertz CT molecular complexity index is 657. The molecule has 0 saturated heterocycles. The van der Waals surface area contributed by atoms with E-state index in [-0.39, 0.29) is 0 Å². The number of nitrogens with zero attached hydrogens (tertiary/aromatic N) is 3. The second-order valence-corrected chi connectivity index (χ2v) is 5.73. The van der Waals surface area contributed by atoms with E-state index < -0.39 is 0 Å². The van der Waals surface area contributed by atoms with E-state index in [1.165, 1.54) is 4.70 Å². The number of rotatable bonds is 5. The van der Waals surface area contributed by atoms with Crippen molar-refractivity contribution in [2.24, 2.45) is 0 Å². The summed E-state index contributed by atoms with van der Waals surface area (Å²) < 4.78 is 3.34. The Morgan fingerprint density at radius 1 is 1.37 bits per heavy atom. The van der Waals surface area contributed by atoms with Crippen molar-refractivity contribution in [3.05, 3.63) is 41.9 Å². The molecule has 0 fully saturated rings. The zero-order chi connectivity index (χ0) is 13.1. The molecule has 2 aromatic heterocycles. The summed E-state index contributed by atoms with van der Waals surface area (Å²) in [7, 11) is 0. The minimum atomic E-state index is 0.951. The Morgan fingerprint density at radius 3 is 3.16 bits per heavy atom.